The molecule has 1 saturated heterocycles. The molecule has 13 heteroatoms. The number of amides is 1. The Kier molecular flexibility index (Phi) is 7.73. The van der Waals surface area contributed by atoms with Crippen molar-refractivity contribution in [3.05, 3.63) is 75.2 Å². The molecule has 2 aromatic carbocycles. The normalized spacial score (nSPS) is 17.0. The third-order valence-corrected chi connectivity index (χ3v) is 9.41. The van der Waals surface area contributed by atoms with E-state index in [-0.39, 0.29) is 39.9 Å². The Labute approximate surface area is 248 Å². The molecule has 0 bridgehead atoms. The minimum atomic E-state index is -0.895. The van der Waals surface area contributed by atoms with Gasteiger partial charge < -0.3 is 15.4 Å². The Balaban J connectivity index is 1.35. The number of carbonyl (C=O) groups excluding carboxylic acids is 1. The highest BCUT2D eigenvalue weighted by atomic mass is 79.9. The summed E-state index contributed by atoms with van der Waals surface area (Å²) in [5, 5.41) is 13.1. The molecule has 2 aliphatic heterocycles. The number of benzene rings is 2. The number of fused-ring (bicyclic) bond motifs is 1. The van der Waals surface area contributed by atoms with Gasteiger partial charge in [0.2, 0.25) is 0 Å². The summed E-state index contributed by atoms with van der Waals surface area (Å²) in [6.45, 7) is 1.52. The molecule has 2 N–H and O–H groups in total. The number of ether oxygens (including phenoxy) is 1. The number of nitrogen functional groups attached to an aromatic ring is 1. The van der Waals surface area contributed by atoms with Crippen molar-refractivity contribution in [2.24, 2.45) is 0 Å². The second-order valence-electron chi connectivity index (χ2n) is 10.0. The summed E-state index contributed by atoms with van der Waals surface area (Å²) in [5.74, 6) is 0.736. The van der Waals surface area contributed by atoms with Crippen LogP contribution in [0.1, 0.15) is 46.2 Å². The van der Waals surface area contributed by atoms with Crippen LogP contribution in [-0.2, 0) is 19.5 Å². The molecular weight excluding hydrogens is 616 g/mol. The lowest BCUT2D eigenvalue weighted by molar-refractivity contribution is 0.0694. The molecule has 4 aromatic rings. The summed E-state index contributed by atoms with van der Waals surface area (Å²) >= 11 is 4.70. The average molecular weight is 645 g/mol. The van der Waals surface area contributed by atoms with Gasteiger partial charge in [-0.1, -0.05) is 23.4 Å². The maximum absolute atomic E-state index is 14.4. The second kappa shape index (κ2) is 11.4. The number of nitrogens with zero attached hydrogens (tertiary/aromatic N) is 6. The van der Waals surface area contributed by atoms with E-state index in [9.17, 15) is 13.6 Å². The van der Waals surface area contributed by atoms with Gasteiger partial charge in [-0.3, -0.25) is 9.48 Å². The molecule has 1 fully saturated rings. The maximum atomic E-state index is 14.4. The van der Waals surface area contributed by atoms with Gasteiger partial charge >= 0.3 is 0 Å². The summed E-state index contributed by atoms with van der Waals surface area (Å²) < 4.78 is 37.4. The Morgan fingerprint density at radius 3 is 2.90 bits per heavy atom. The third-order valence-electron chi connectivity index (χ3n) is 7.55. The first-order valence-corrected chi connectivity index (χ1v) is 15.3. The fraction of sp³-hybridized carbons (Fsp3) is 0.357. The summed E-state index contributed by atoms with van der Waals surface area (Å²) in [4.78, 5) is 16.4. The molecule has 1 atom stereocenters. The van der Waals surface area contributed by atoms with Crippen molar-refractivity contribution in [3.63, 3.8) is 0 Å². The Morgan fingerprint density at radius 2 is 2.07 bits per heavy atom. The smallest absolute Gasteiger partial charge is 0.258 e. The predicted octanol–water partition coefficient (Wildman–Crippen LogP) is 5.09. The van der Waals surface area contributed by atoms with Crippen molar-refractivity contribution in [1.29, 1.82) is 0 Å². The lowest BCUT2D eigenvalue weighted by Crippen LogP contribution is -2.37. The van der Waals surface area contributed by atoms with Crippen LogP contribution < -0.4 is 10.5 Å². The Bertz CT molecular complexity index is 1630. The third kappa shape index (κ3) is 5.09. The summed E-state index contributed by atoms with van der Waals surface area (Å²) in [7, 11) is 1.65. The number of nitrogens with two attached hydrogens (primary N) is 1. The van der Waals surface area contributed by atoms with Crippen molar-refractivity contribution >= 4 is 39.3 Å². The molecule has 6 rings (SSSR count). The largest absolute Gasteiger partial charge is 0.496 e. The lowest BCUT2D eigenvalue weighted by Gasteiger charge is -2.31. The number of halogens is 3. The molecule has 1 unspecified atom stereocenters. The number of para-hydroxylation sites is 1. The Morgan fingerprint density at radius 1 is 1.24 bits per heavy atom. The molecule has 214 valence electrons. The van der Waals surface area contributed by atoms with Gasteiger partial charge in [0, 0.05) is 30.0 Å². The minimum Gasteiger partial charge on any atom is -0.496 e. The van der Waals surface area contributed by atoms with E-state index in [1.165, 1.54) is 4.68 Å². The number of aryl methyl sites for hydroxylation is 1. The van der Waals surface area contributed by atoms with E-state index in [0.29, 0.717) is 17.8 Å². The number of hydrogen-bond donors (Lipinski definition) is 1. The monoisotopic (exact) mass is 643 g/mol. The van der Waals surface area contributed by atoms with Crippen LogP contribution in [0.2, 0.25) is 0 Å². The maximum Gasteiger partial charge on any atom is 0.258 e. The molecule has 9 nitrogen and oxygen atoms in total. The molecule has 0 saturated carbocycles. The van der Waals surface area contributed by atoms with E-state index in [2.05, 4.69) is 26.2 Å². The van der Waals surface area contributed by atoms with E-state index in [1.807, 2.05) is 45.6 Å². The van der Waals surface area contributed by atoms with Gasteiger partial charge in [-0.05, 0) is 53.1 Å². The van der Waals surface area contributed by atoms with Crippen LogP contribution in [0, 0.1) is 11.6 Å². The van der Waals surface area contributed by atoms with Crippen molar-refractivity contribution in [2.45, 2.75) is 38.4 Å². The van der Waals surface area contributed by atoms with Crippen LogP contribution in [0.4, 0.5) is 14.5 Å². The zero-order chi connectivity index (χ0) is 28.7. The van der Waals surface area contributed by atoms with Gasteiger partial charge in [0.15, 0.2) is 5.82 Å². The van der Waals surface area contributed by atoms with Crippen LogP contribution in [0.5, 0.6) is 5.75 Å². The average Bonchev–Trinajstić information content (AvgIpc) is 3.66. The molecular formula is C28H28BrF2N7O2S. The van der Waals surface area contributed by atoms with Crippen LogP contribution in [0.15, 0.2) is 41.0 Å². The van der Waals surface area contributed by atoms with Crippen molar-refractivity contribution in [3.8, 4) is 17.0 Å². The molecule has 41 heavy (non-hydrogen) atoms. The zero-order valence-corrected chi connectivity index (χ0v) is 24.7. The number of thioether (sulfide) groups is 1. The first kappa shape index (κ1) is 27.7. The van der Waals surface area contributed by atoms with Crippen LogP contribution in [0.3, 0.4) is 0 Å². The van der Waals surface area contributed by atoms with E-state index in [0.717, 1.165) is 60.4 Å². The standard InChI is InChI=1S/C28H28BrF2N7O2S/c1-40-23-8-3-2-6-16(23)22-15-41-11-5-9-37(22)28(39)24-20(34-38-10-4-7-21(24)38)14-36-13-19(33-35-36)17-12-18(30)25(29)26(31)27(17)32/h2-3,6,8,12-13,22H,4-5,7,9-11,14-15,32H2,1H3. The number of anilines is 1. The van der Waals surface area contributed by atoms with Gasteiger partial charge in [0.1, 0.15) is 17.3 Å². The fourth-order valence-electron chi connectivity index (χ4n) is 5.58. The van der Waals surface area contributed by atoms with Gasteiger partial charge in [-0.25, -0.2) is 13.5 Å². The molecule has 0 radical (unpaired) electrons. The van der Waals surface area contributed by atoms with Crippen molar-refractivity contribution in [2.75, 3.05) is 30.9 Å². The number of carbonyl (C=O) groups is 1. The quantitative estimate of drug-likeness (QED) is 0.231. The highest BCUT2D eigenvalue weighted by molar-refractivity contribution is 9.10. The van der Waals surface area contributed by atoms with E-state index < -0.39 is 11.6 Å². The highest BCUT2D eigenvalue weighted by Crippen LogP contribution is 2.37. The van der Waals surface area contributed by atoms with Gasteiger partial charge in [-0.15, -0.1) is 5.10 Å². The summed E-state index contributed by atoms with van der Waals surface area (Å²) in [6.07, 6.45) is 4.11. The predicted molar refractivity (Wildman–Crippen MR) is 156 cm³/mol. The Hall–Kier alpha value is -3.45. The van der Waals surface area contributed by atoms with E-state index >= 15 is 0 Å². The molecule has 2 aromatic heterocycles. The summed E-state index contributed by atoms with van der Waals surface area (Å²) in [6, 6.07) is 8.81. The van der Waals surface area contributed by atoms with E-state index in [4.69, 9.17) is 15.6 Å². The number of aromatic nitrogens is 5. The topological polar surface area (TPSA) is 104 Å². The van der Waals surface area contributed by atoms with Crippen molar-refractivity contribution < 1.29 is 18.3 Å². The summed E-state index contributed by atoms with van der Waals surface area (Å²) in [5.41, 5.74) is 9.06. The zero-order valence-electron chi connectivity index (χ0n) is 22.3. The van der Waals surface area contributed by atoms with Crippen LogP contribution >= 0.6 is 27.7 Å². The van der Waals surface area contributed by atoms with Gasteiger partial charge in [0.05, 0.1) is 53.0 Å². The second-order valence-corrected chi connectivity index (χ2v) is 12.0. The first-order valence-electron chi connectivity index (χ1n) is 13.3. The van der Waals surface area contributed by atoms with Crippen LogP contribution in [-0.4, -0.2) is 60.7 Å². The molecule has 4 heterocycles. The van der Waals surface area contributed by atoms with Crippen molar-refractivity contribution in [1.82, 2.24) is 29.7 Å². The fourth-order valence-corrected chi connectivity index (χ4v) is 6.99. The van der Waals surface area contributed by atoms with Gasteiger partial charge in [-0.2, -0.15) is 16.9 Å². The first-order chi connectivity index (χ1) is 19.9. The molecule has 2 aliphatic rings. The SMILES string of the molecule is COc1ccccc1C1CSCCCN1C(=O)c1c(Cn2cc(-c3cc(F)c(Br)c(F)c3N)nn2)nn2c1CCC2. The van der Waals surface area contributed by atoms with Gasteiger partial charge in [0.25, 0.3) is 5.91 Å². The number of methoxy groups -OCH3 is 1. The minimum absolute atomic E-state index is 0.0665. The number of hydrogen-bond acceptors (Lipinski definition) is 7. The molecule has 1 amide bonds. The molecule has 0 spiro atoms. The molecule has 0 aliphatic carbocycles. The lowest BCUT2D eigenvalue weighted by atomic mass is 10.0. The van der Waals surface area contributed by atoms with Crippen LogP contribution in [0.25, 0.3) is 11.3 Å². The number of rotatable bonds is 6. The highest BCUT2D eigenvalue weighted by Gasteiger charge is 2.35. The van der Waals surface area contributed by atoms with E-state index in [1.54, 1.807) is 13.3 Å².